The first-order valence-electron chi connectivity index (χ1n) is 5.65. The minimum Gasteiger partial charge on any atom is -0.393 e. The molecule has 0 heterocycles. The van der Waals surface area contributed by atoms with Crippen molar-refractivity contribution in [2.45, 2.75) is 25.9 Å². The average molecular weight is 239 g/mol. The first kappa shape index (κ1) is 13.6. The summed E-state index contributed by atoms with van der Waals surface area (Å²) < 4.78 is 12.9. The maximum Gasteiger partial charge on any atom is 0.226 e. The van der Waals surface area contributed by atoms with Gasteiger partial charge in [-0.1, -0.05) is 12.1 Å². The van der Waals surface area contributed by atoms with Crippen molar-refractivity contribution in [2.24, 2.45) is 0 Å². The molecule has 0 aromatic heterocycles. The van der Waals surface area contributed by atoms with Gasteiger partial charge in [0.1, 0.15) is 5.82 Å². The topological polar surface area (TPSA) is 40.5 Å². The molecule has 94 valence electrons. The van der Waals surface area contributed by atoms with E-state index in [9.17, 15) is 9.18 Å². The highest BCUT2D eigenvalue weighted by Crippen LogP contribution is 2.06. The molecule has 0 radical (unpaired) electrons. The Morgan fingerprint density at radius 1 is 1.53 bits per heavy atom. The van der Waals surface area contributed by atoms with Crippen molar-refractivity contribution in [2.75, 3.05) is 13.6 Å². The van der Waals surface area contributed by atoms with Crippen molar-refractivity contribution in [3.63, 3.8) is 0 Å². The lowest BCUT2D eigenvalue weighted by atomic mass is 10.1. The number of carbonyl (C=O) groups excluding carboxylic acids is 1. The molecule has 0 saturated heterocycles. The molecule has 1 N–H and O–H groups in total. The number of hydrogen-bond donors (Lipinski definition) is 1. The van der Waals surface area contributed by atoms with Crippen LogP contribution in [0.25, 0.3) is 0 Å². The highest BCUT2D eigenvalue weighted by molar-refractivity contribution is 5.78. The Hall–Kier alpha value is -1.42. The van der Waals surface area contributed by atoms with Crippen LogP contribution in [0.1, 0.15) is 18.9 Å². The van der Waals surface area contributed by atoms with Gasteiger partial charge in [0.15, 0.2) is 0 Å². The van der Waals surface area contributed by atoms with E-state index in [4.69, 9.17) is 5.11 Å². The Morgan fingerprint density at radius 3 is 2.82 bits per heavy atom. The molecule has 0 aliphatic rings. The molecule has 3 nitrogen and oxygen atoms in total. The van der Waals surface area contributed by atoms with E-state index < -0.39 is 6.10 Å². The van der Waals surface area contributed by atoms with E-state index >= 15 is 0 Å². The summed E-state index contributed by atoms with van der Waals surface area (Å²) in [5, 5.41) is 9.12. The van der Waals surface area contributed by atoms with Crippen LogP contribution >= 0.6 is 0 Å². The normalized spacial score (nSPS) is 12.2. The Labute approximate surface area is 101 Å². The number of nitrogens with zero attached hydrogens (tertiary/aromatic N) is 1. The summed E-state index contributed by atoms with van der Waals surface area (Å²) in [4.78, 5) is 13.3. The smallest absolute Gasteiger partial charge is 0.226 e. The van der Waals surface area contributed by atoms with Gasteiger partial charge in [0.2, 0.25) is 5.91 Å². The van der Waals surface area contributed by atoms with E-state index in [1.807, 2.05) is 0 Å². The van der Waals surface area contributed by atoms with Crippen LogP contribution in [0.15, 0.2) is 24.3 Å². The van der Waals surface area contributed by atoms with E-state index in [0.717, 1.165) is 0 Å². The summed E-state index contributed by atoms with van der Waals surface area (Å²) in [5.41, 5.74) is 0.666. The summed E-state index contributed by atoms with van der Waals surface area (Å²) in [5.74, 6) is -0.404. The molecule has 0 aliphatic carbocycles. The molecular weight excluding hydrogens is 221 g/mol. The zero-order valence-corrected chi connectivity index (χ0v) is 10.2. The van der Waals surface area contributed by atoms with Crippen LogP contribution in [0.5, 0.6) is 0 Å². The van der Waals surface area contributed by atoms with Crippen LogP contribution in [-0.4, -0.2) is 35.6 Å². The highest BCUT2D eigenvalue weighted by Gasteiger charge is 2.10. The van der Waals surface area contributed by atoms with Gasteiger partial charge in [-0.15, -0.1) is 0 Å². The minimum atomic E-state index is -0.417. The quantitative estimate of drug-likeness (QED) is 0.847. The largest absolute Gasteiger partial charge is 0.393 e. The monoisotopic (exact) mass is 239 g/mol. The molecule has 0 aliphatic heterocycles. The number of rotatable bonds is 5. The zero-order chi connectivity index (χ0) is 12.8. The number of aliphatic hydroxyl groups is 1. The van der Waals surface area contributed by atoms with Crippen LogP contribution < -0.4 is 0 Å². The summed E-state index contributed by atoms with van der Waals surface area (Å²) >= 11 is 0. The number of likely N-dealkylation sites (N-methyl/N-ethyl adjacent to an activating group) is 1. The number of carbonyl (C=O) groups is 1. The van der Waals surface area contributed by atoms with Crippen molar-refractivity contribution in [1.29, 1.82) is 0 Å². The van der Waals surface area contributed by atoms with Crippen LogP contribution in [0.2, 0.25) is 0 Å². The van der Waals surface area contributed by atoms with E-state index in [1.165, 1.54) is 12.1 Å². The van der Waals surface area contributed by atoms with E-state index in [0.29, 0.717) is 18.5 Å². The third-order valence-corrected chi connectivity index (χ3v) is 2.55. The number of hydrogen-bond acceptors (Lipinski definition) is 2. The van der Waals surface area contributed by atoms with Gasteiger partial charge in [-0.2, -0.15) is 0 Å². The van der Waals surface area contributed by atoms with Crippen molar-refractivity contribution < 1.29 is 14.3 Å². The molecule has 1 amide bonds. The Kier molecular flexibility index (Phi) is 5.10. The summed E-state index contributed by atoms with van der Waals surface area (Å²) in [7, 11) is 1.68. The average Bonchev–Trinajstić information content (AvgIpc) is 2.25. The Morgan fingerprint density at radius 2 is 2.24 bits per heavy atom. The van der Waals surface area contributed by atoms with Gasteiger partial charge < -0.3 is 10.0 Å². The lowest BCUT2D eigenvalue weighted by molar-refractivity contribution is -0.129. The molecule has 0 fully saturated rings. The number of amides is 1. The van der Waals surface area contributed by atoms with Crippen molar-refractivity contribution in [3.05, 3.63) is 35.6 Å². The Balaban J connectivity index is 2.48. The van der Waals surface area contributed by atoms with Crippen molar-refractivity contribution in [3.8, 4) is 0 Å². The van der Waals surface area contributed by atoms with Gasteiger partial charge >= 0.3 is 0 Å². The number of halogens is 1. The third kappa shape index (κ3) is 4.95. The number of aliphatic hydroxyl groups excluding tert-OH is 1. The van der Waals surface area contributed by atoms with Gasteiger partial charge in [-0.05, 0) is 31.0 Å². The fourth-order valence-corrected chi connectivity index (χ4v) is 1.46. The summed E-state index contributed by atoms with van der Waals surface area (Å²) in [6.45, 7) is 2.19. The third-order valence-electron chi connectivity index (χ3n) is 2.55. The molecule has 1 atom stereocenters. The summed E-state index contributed by atoms with van der Waals surface area (Å²) in [6, 6.07) is 6.03. The molecule has 4 heteroatoms. The van der Waals surface area contributed by atoms with Crippen LogP contribution in [0.4, 0.5) is 4.39 Å². The lowest BCUT2D eigenvalue weighted by Crippen LogP contribution is -2.30. The first-order valence-corrected chi connectivity index (χ1v) is 5.65. The maximum absolute atomic E-state index is 12.9. The second kappa shape index (κ2) is 6.35. The fraction of sp³-hybridized carbons (Fsp3) is 0.462. The molecule has 17 heavy (non-hydrogen) atoms. The van der Waals surface area contributed by atoms with E-state index in [-0.39, 0.29) is 18.1 Å². The first-order chi connectivity index (χ1) is 7.99. The molecule has 1 aromatic rings. The molecule has 1 unspecified atom stereocenters. The van der Waals surface area contributed by atoms with Crippen molar-refractivity contribution >= 4 is 5.91 Å². The van der Waals surface area contributed by atoms with Crippen LogP contribution in [0, 0.1) is 5.82 Å². The van der Waals surface area contributed by atoms with Gasteiger partial charge in [0.05, 0.1) is 12.5 Å². The number of benzene rings is 1. The van der Waals surface area contributed by atoms with Gasteiger partial charge in [-0.25, -0.2) is 4.39 Å². The Bertz CT molecular complexity index is 379. The molecule has 1 rings (SSSR count). The molecule has 0 spiro atoms. The molecule has 1 aromatic carbocycles. The lowest BCUT2D eigenvalue weighted by Gasteiger charge is -2.18. The van der Waals surface area contributed by atoms with E-state index in [1.54, 1.807) is 31.0 Å². The standard InChI is InChI=1S/C13H18FNO2/c1-10(16)6-7-15(2)13(17)9-11-4-3-5-12(14)8-11/h3-5,8,10,16H,6-7,9H2,1-2H3. The van der Waals surface area contributed by atoms with Gasteiger partial charge in [0, 0.05) is 13.6 Å². The fourth-order valence-electron chi connectivity index (χ4n) is 1.46. The minimum absolute atomic E-state index is 0.0729. The predicted octanol–water partition coefficient (Wildman–Crippen LogP) is 1.60. The van der Waals surface area contributed by atoms with Crippen LogP contribution in [-0.2, 0) is 11.2 Å². The van der Waals surface area contributed by atoms with Crippen LogP contribution in [0.3, 0.4) is 0 Å². The second-order valence-electron chi connectivity index (χ2n) is 4.26. The van der Waals surface area contributed by atoms with Crippen molar-refractivity contribution in [1.82, 2.24) is 4.90 Å². The SMILES string of the molecule is CC(O)CCN(C)C(=O)Cc1cccc(F)c1. The zero-order valence-electron chi connectivity index (χ0n) is 10.2. The van der Waals surface area contributed by atoms with E-state index in [2.05, 4.69) is 0 Å². The van der Waals surface area contributed by atoms with Gasteiger partial charge in [-0.3, -0.25) is 4.79 Å². The highest BCUT2D eigenvalue weighted by atomic mass is 19.1. The predicted molar refractivity (Wildman–Crippen MR) is 64.0 cm³/mol. The molecule has 0 saturated carbocycles. The summed E-state index contributed by atoms with van der Waals surface area (Å²) in [6.07, 6.45) is 0.318. The second-order valence-corrected chi connectivity index (χ2v) is 4.26. The molecule has 0 bridgehead atoms. The van der Waals surface area contributed by atoms with Gasteiger partial charge in [0.25, 0.3) is 0 Å². The molecular formula is C13H18FNO2. The maximum atomic E-state index is 12.9.